The van der Waals surface area contributed by atoms with Gasteiger partial charge in [0.1, 0.15) is 5.75 Å². The Bertz CT molecular complexity index is 533. The molecule has 0 aromatic heterocycles. The molecule has 6 heteroatoms. The number of nitrogens with zero attached hydrogens (tertiary/aromatic N) is 1. The van der Waals surface area contributed by atoms with Gasteiger partial charge in [0.2, 0.25) is 5.91 Å². The lowest BCUT2D eigenvalue weighted by atomic mass is 10.4. The van der Waals surface area contributed by atoms with E-state index in [-0.39, 0.29) is 10.8 Å². The summed E-state index contributed by atoms with van der Waals surface area (Å²) in [4.78, 5) is 13.6. The standard InChI is InChI=1S/C12H14ClNO3S/c13-10-3-5-11(6-4-10)18(16,17)9-12(15)14-7-1-2-8-14/h3-6H,1-2,7-9H2. The number of hydrogen-bond donors (Lipinski definition) is 0. The summed E-state index contributed by atoms with van der Waals surface area (Å²) in [7, 11) is -3.56. The van der Waals surface area contributed by atoms with Crippen LogP contribution in [-0.4, -0.2) is 38.1 Å². The van der Waals surface area contributed by atoms with E-state index in [9.17, 15) is 13.2 Å². The molecule has 0 radical (unpaired) electrons. The van der Waals surface area contributed by atoms with Crippen molar-refractivity contribution in [1.29, 1.82) is 0 Å². The van der Waals surface area contributed by atoms with E-state index in [0.717, 1.165) is 12.8 Å². The van der Waals surface area contributed by atoms with Crippen molar-refractivity contribution in [1.82, 2.24) is 4.90 Å². The van der Waals surface area contributed by atoms with Crippen LogP contribution in [0.2, 0.25) is 5.02 Å². The van der Waals surface area contributed by atoms with Gasteiger partial charge in [0.15, 0.2) is 9.84 Å². The van der Waals surface area contributed by atoms with Crippen LogP contribution in [0.15, 0.2) is 29.2 Å². The van der Waals surface area contributed by atoms with Crippen LogP contribution >= 0.6 is 11.6 Å². The molecule has 0 spiro atoms. The van der Waals surface area contributed by atoms with E-state index < -0.39 is 15.6 Å². The predicted molar refractivity (Wildman–Crippen MR) is 69.3 cm³/mol. The molecule has 2 rings (SSSR count). The summed E-state index contributed by atoms with van der Waals surface area (Å²) >= 11 is 5.70. The van der Waals surface area contributed by atoms with Crippen LogP contribution in [0, 0.1) is 0 Å². The van der Waals surface area contributed by atoms with Crippen LogP contribution in [0.4, 0.5) is 0 Å². The van der Waals surface area contributed by atoms with E-state index in [0.29, 0.717) is 18.1 Å². The normalized spacial score (nSPS) is 15.9. The third-order valence-corrected chi connectivity index (χ3v) is 4.81. The Balaban J connectivity index is 2.11. The van der Waals surface area contributed by atoms with Crippen LogP contribution in [0.5, 0.6) is 0 Å². The first-order valence-electron chi connectivity index (χ1n) is 5.75. The SMILES string of the molecule is O=C(CS(=O)(=O)c1ccc(Cl)cc1)N1CCCC1. The number of rotatable bonds is 3. The summed E-state index contributed by atoms with van der Waals surface area (Å²) in [5.74, 6) is -0.781. The van der Waals surface area contributed by atoms with Crippen molar-refractivity contribution >= 4 is 27.3 Å². The highest BCUT2D eigenvalue weighted by Gasteiger charge is 2.25. The third kappa shape index (κ3) is 3.03. The minimum absolute atomic E-state index is 0.138. The van der Waals surface area contributed by atoms with Crippen molar-refractivity contribution in [3.05, 3.63) is 29.3 Å². The molecule has 1 aliphatic rings. The van der Waals surface area contributed by atoms with Crippen molar-refractivity contribution < 1.29 is 13.2 Å². The monoisotopic (exact) mass is 287 g/mol. The van der Waals surface area contributed by atoms with Crippen LogP contribution in [0.3, 0.4) is 0 Å². The largest absolute Gasteiger partial charge is 0.342 e. The lowest BCUT2D eigenvalue weighted by Gasteiger charge is -2.15. The molecule has 18 heavy (non-hydrogen) atoms. The summed E-state index contributed by atoms with van der Waals surface area (Å²) in [5.41, 5.74) is 0. The van der Waals surface area contributed by atoms with Crippen LogP contribution in [-0.2, 0) is 14.6 Å². The van der Waals surface area contributed by atoms with Gasteiger partial charge in [-0.3, -0.25) is 4.79 Å². The van der Waals surface area contributed by atoms with Gasteiger partial charge < -0.3 is 4.90 Å². The fraction of sp³-hybridized carbons (Fsp3) is 0.417. The Kier molecular flexibility index (Phi) is 3.92. The molecule has 1 amide bonds. The molecule has 0 bridgehead atoms. The lowest BCUT2D eigenvalue weighted by Crippen LogP contribution is -2.33. The summed E-state index contributed by atoms with van der Waals surface area (Å²) < 4.78 is 24.0. The summed E-state index contributed by atoms with van der Waals surface area (Å²) in [6.07, 6.45) is 1.90. The Morgan fingerprint density at radius 3 is 2.28 bits per heavy atom. The highest BCUT2D eigenvalue weighted by Crippen LogP contribution is 2.17. The number of amides is 1. The highest BCUT2D eigenvalue weighted by molar-refractivity contribution is 7.92. The molecule has 0 saturated carbocycles. The number of hydrogen-bond acceptors (Lipinski definition) is 3. The smallest absolute Gasteiger partial charge is 0.238 e. The molecule has 0 N–H and O–H groups in total. The van der Waals surface area contributed by atoms with E-state index in [1.807, 2.05) is 0 Å². The van der Waals surface area contributed by atoms with Crippen molar-refractivity contribution in [3.8, 4) is 0 Å². The first-order chi connectivity index (χ1) is 8.49. The maximum absolute atomic E-state index is 12.0. The minimum Gasteiger partial charge on any atom is -0.342 e. The Hall–Kier alpha value is -1.07. The zero-order chi connectivity index (χ0) is 13.2. The second-order valence-corrected chi connectivity index (χ2v) is 6.73. The van der Waals surface area contributed by atoms with Gasteiger partial charge in [-0.05, 0) is 37.1 Å². The lowest BCUT2D eigenvalue weighted by molar-refractivity contribution is -0.127. The molecule has 0 unspecified atom stereocenters. The van der Waals surface area contributed by atoms with E-state index in [1.165, 1.54) is 24.3 Å². The number of likely N-dealkylation sites (tertiary alicyclic amines) is 1. The molecule has 98 valence electrons. The van der Waals surface area contributed by atoms with E-state index >= 15 is 0 Å². The third-order valence-electron chi connectivity index (χ3n) is 2.95. The van der Waals surface area contributed by atoms with Gasteiger partial charge in [0, 0.05) is 18.1 Å². The average Bonchev–Trinajstić information content (AvgIpc) is 2.82. The van der Waals surface area contributed by atoms with Crippen LogP contribution < -0.4 is 0 Å². The molecule has 0 aliphatic carbocycles. The zero-order valence-electron chi connectivity index (χ0n) is 9.80. The molecule has 4 nitrogen and oxygen atoms in total. The molecular weight excluding hydrogens is 274 g/mol. The second-order valence-electron chi connectivity index (χ2n) is 4.30. The summed E-state index contributed by atoms with van der Waals surface area (Å²) in [5, 5.41) is 0.472. The fourth-order valence-electron chi connectivity index (χ4n) is 1.95. The van der Waals surface area contributed by atoms with Crippen LogP contribution in [0.25, 0.3) is 0 Å². The second kappa shape index (κ2) is 5.28. The number of carbonyl (C=O) groups is 1. The van der Waals surface area contributed by atoms with E-state index in [4.69, 9.17) is 11.6 Å². The van der Waals surface area contributed by atoms with Crippen LogP contribution in [0.1, 0.15) is 12.8 Å². The minimum atomic E-state index is -3.56. The highest BCUT2D eigenvalue weighted by atomic mass is 35.5. The first kappa shape index (κ1) is 13.4. The number of halogens is 1. The van der Waals surface area contributed by atoms with Crippen molar-refractivity contribution in [2.75, 3.05) is 18.8 Å². The first-order valence-corrected chi connectivity index (χ1v) is 7.78. The van der Waals surface area contributed by atoms with Crippen molar-refractivity contribution in [3.63, 3.8) is 0 Å². The molecule has 1 fully saturated rings. The van der Waals surface area contributed by atoms with Gasteiger partial charge in [-0.1, -0.05) is 11.6 Å². The molecule has 1 aliphatic heterocycles. The molecule has 1 heterocycles. The number of sulfone groups is 1. The van der Waals surface area contributed by atoms with E-state index in [1.54, 1.807) is 4.90 Å². The fourth-order valence-corrected chi connectivity index (χ4v) is 3.30. The molecule has 0 atom stereocenters. The summed E-state index contributed by atoms with van der Waals surface area (Å²) in [6, 6.07) is 5.87. The molecular formula is C12H14ClNO3S. The predicted octanol–water partition coefficient (Wildman–Crippen LogP) is 1.74. The van der Waals surface area contributed by atoms with Gasteiger partial charge in [0.25, 0.3) is 0 Å². The van der Waals surface area contributed by atoms with Crippen molar-refractivity contribution in [2.24, 2.45) is 0 Å². The van der Waals surface area contributed by atoms with Gasteiger partial charge in [-0.15, -0.1) is 0 Å². The molecule has 1 aromatic rings. The molecule has 1 aromatic carbocycles. The Labute approximate surface area is 111 Å². The Morgan fingerprint density at radius 2 is 1.72 bits per heavy atom. The maximum atomic E-state index is 12.0. The van der Waals surface area contributed by atoms with E-state index in [2.05, 4.69) is 0 Å². The number of carbonyl (C=O) groups excluding carboxylic acids is 1. The zero-order valence-corrected chi connectivity index (χ0v) is 11.4. The average molecular weight is 288 g/mol. The van der Waals surface area contributed by atoms with Gasteiger partial charge >= 0.3 is 0 Å². The van der Waals surface area contributed by atoms with Gasteiger partial charge in [-0.2, -0.15) is 0 Å². The number of benzene rings is 1. The topological polar surface area (TPSA) is 54.5 Å². The maximum Gasteiger partial charge on any atom is 0.238 e. The van der Waals surface area contributed by atoms with Gasteiger partial charge in [0.05, 0.1) is 4.90 Å². The summed E-state index contributed by atoms with van der Waals surface area (Å²) in [6.45, 7) is 1.32. The Morgan fingerprint density at radius 1 is 1.17 bits per heavy atom. The molecule has 1 saturated heterocycles. The van der Waals surface area contributed by atoms with Crippen molar-refractivity contribution in [2.45, 2.75) is 17.7 Å². The van der Waals surface area contributed by atoms with Gasteiger partial charge in [-0.25, -0.2) is 8.42 Å². The quantitative estimate of drug-likeness (QED) is 0.851.